The smallest absolute Gasteiger partial charge is 0.135 e. The van der Waals surface area contributed by atoms with E-state index in [-0.39, 0.29) is 0 Å². The van der Waals surface area contributed by atoms with Crippen molar-refractivity contribution in [3.05, 3.63) is 249 Å². The van der Waals surface area contributed by atoms with Crippen molar-refractivity contribution in [3.8, 4) is 72.4 Å². The van der Waals surface area contributed by atoms with Crippen molar-refractivity contribution in [1.29, 1.82) is 0 Å². The molecule has 15 rings (SSSR count). The fraction of sp³-hybridized carbons (Fsp3) is 0.0286. The van der Waals surface area contributed by atoms with Gasteiger partial charge in [0, 0.05) is 27.2 Å². The minimum atomic E-state index is -2.14. The number of hydrogen-bond donors (Lipinski definition) is 0. The molecular weight excluding hydrogens is 899 g/mol. The molecule has 0 fully saturated rings. The molecule has 0 atom stereocenters. The molecule has 2 aromatic heterocycles. The predicted molar refractivity (Wildman–Crippen MR) is 312 cm³/mol. The number of rotatable bonds is 6. The van der Waals surface area contributed by atoms with E-state index in [1.807, 2.05) is 6.07 Å². The van der Waals surface area contributed by atoms with Gasteiger partial charge in [-0.25, -0.2) is 0 Å². The highest BCUT2D eigenvalue weighted by Gasteiger charge is 2.38. The summed E-state index contributed by atoms with van der Waals surface area (Å²) in [6.07, 6.45) is 0. The summed E-state index contributed by atoms with van der Waals surface area (Å²) >= 11 is 0. The maximum Gasteiger partial charge on any atom is 0.135 e. The fourth-order valence-electron chi connectivity index (χ4n) is 12.2. The summed E-state index contributed by atoms with van der Waals surface area (Å²) in [6, 6.07) is 92.3. The second-order valence-corrected chi connectivity index (χ2v) is 24.8. The van der Waals surface area contributed by atoms with Gasteiger partial charge in [0.05, 0.1) is 11.0 Å². The summed E-state index contributed by atoms with van der Waals surface area (Å²) in [5.74, 6) is 0. The first-order chi connectivity index (χ1) is 35.9. The highest BCUT2D eigenvalue weighted by Crippen LogP contribution is 2.41. The van der Waals surface area contributed by atoms with Crippen LogP contribution in [0.15, 0.2) is 253 Å². The van der Waals surface area contributed by atoms with E-state index in [2.05, 4.69) is 260 Å². The quantitative estimate of drug-likeness (QED) is 0.152. The molecule has 0 radical (unpaired) electrons. The minimum absolute atomic E-state index is 0.927. The summed E-state index contributed by atoms with van der Waals surface area (Å²) in [7, 11) is -2.14. The van der Waals surface area contributed by atoms with Crippen molar-refractivity contribution in [1.82, 2.24) is 4.57 Å². The summed E-state index contributed by atoms with van der Waals surface area (Å²) in [4.78, 5) is 0. The van der Waals surface area contributed by atoms with E-state index in [0.29, 0.717) is 0 Å². The average Bonchev–Trinajstić information content (AvgIpc) is 4.06. The van der Waals surface area contributed by atoms with Gasteiger partial charge in [-0.2, -0.15) is 0 Å². The van der Waals surface area contributed by atoms with Gasteiger partial charge in [0.15, 0.2) is 0 Å². The van der Waals surface area contributed by atoms with E-state index in [4.69, 9.17) is 4.42 Å². The van der Waals surface area contributed by atoms with Crippen molar-refractivity contribution in [2.45, 2.75) is 13.1 Å². The molecule has 1 aliphatic rings. The van der Waals surface area contributed by atoms with E-state index in [9.17, 15) is 0 Å². The van der Waals surface area contributed by atoms with Gasteiger partial charge < -0.3 is 8.98 Å². The molecule has 12 aromatic carbocycles. The van der Waals surface area contributed by atoms with Crippen LogP contribution in [0.25, 0.3) is 138 Å². The molecule has 14 aromatic rings. The maximum absolute atomic E-state index is 6.20. The molecule has 0 N–H and O–H groups in total. The van der Waals surface area contributed by atoms with Gasteiger partial charge in [0.2, 0.25) is 0 Å². The molecule has 73 heavy (non-hydrogen) atoms. The van der Waals surface area contributed by atoms with Gasteiger partial charge >= 0.3 is 0 Å². The Kier molecular flexibility index (Phi) is 9.14. The summed E-state index contributed by atoms with van der Waals surface area (Å²) in [5.41, 5.74) is 20.4. The Labute approximate surface area is 424 Å². The molecule has 0 aliphatic carbocycles. The predicted octanol–water partition coefficient (Wildman–Crippen LogP) is 18.1. The Balaban J connectivity index is 0.841. The largest absolute Gasteiger partial charge is 0.456 e. The van der Waals surface area contributed by atoms with Crippen LogP contribution >= 0.6 is 0 Å². The Bertz CT molecular complexity index is 4380. The van der Waals surface area contributed by atoms with Crippen molar-refractivity contribution in [3.63, 3.8) is 0 Å². The highest BCUT2D eigenvalue weighted by atomic mass is 28.3. The lowest BCUT2D eigenvalue weighted by Gasteiger charge is -2.20. The fourth-order valence-corrected chi connectivity index (χ4v) is 15.3. The Hall–Kier alpha value is -9.02. The normalized spacial score (nSPS) is 12.9. The van der Waals surface area contributed by atoms with Crippen molar-refractivity contribution < 1.29 is 4.42 Å². The van der Waals surface area contributed by atoms with Gasteiger partial charge in [-0.15, -0.1) is 0 Å². The lowest BCUT2D eigenvalue weighted by Crippen LogP contribution is -2.49. The third-order valence-electron chi connectivity index (χ3n) is 16.0. The molecule has 0 saturated carbocycles. The summed E-state index contributed by atoms with van der Waals surface area (Å²) in [5, 5.41) is 12.8. The van der Waals surface area contributed by atoms with Crippen molar-refractivity contribution in [2.24, 2.45) is 0 Å². The topological polar surface area (TPSA) is 18.1 Å². The molecule has 2 nitrogen and oxygen atoms in total. The van der Waals surface area contributed by atoms with Gasteiger partial charge in [-0.05, 0) is 153 Å². The molecule has 0 saturated heterocycles. The lowest BCUT2D eigenvalue weighted by atomic mass is 9.95. The summed E-state index contributed by atoms with van der Waals surface area (Å²) < 4.78 is 8.71. The zero-order valence-corrected chi connectivity index (χ0v) is 41.5. The number of hydrogen-bond acceptors (Lipinski definition) is 1. The van der Waals surface area contributed by atoms with Crippen LogP contribution in [-0.2, 0) is 0 Å². The number of fused-ring (bicyclic) bond motifs is 11. The number of furan rings is 1. The standard InChI is InChI=1S/C70H47NOSi/c1-73(2)69-42-53(52-32-38-68-64(41-52)59-17-7-8-20-67(59)72-68)29-34-60(69)61-35-33-54(43-70(61)73)71-65-36-30-50(44-21-25-48(26-22-44)57-18-9-13-46-11-3-5-15-55(46)57)39-62(65)63-40-51(31-37-66(63)71)45-23-27-49(28-24-45)58-19-10-14-47-12-4-6-16-56(47)58/h3-43H,1-2H3. The van der Waals surface area contributed by atoms with Gasteiger partial charge in [0.1, 0.15) is 19.2 Å². The van der Waals surface area contributed by atoms with Crippen LogP contribution in [0.5, 0.6) is 0 Å². The van der Waals surface area contributed by atoms with Crippen LogP contribution in [-0.4, -0.2) is 12.6 Å². The first-order valence-electron chi connectivity index (χ1n) is 25.4. The second kappa shape index (κ2) is 16.0. The summed E-state index contributed by atoms with van der Waals surface area (Å²) in [6.45, 7) is 5.05. The Morgan fingerprint density at radius 1 is 0.288 bits per heavy atom. The molecule has 1 aliphatic heterocycles. The van der Waals surface area contributed by atoms with Crippen LogP contribution < -0.4 is 10.4 Å². The van der Waals surface area contributed by atoms with Crippen LogP contribution in [0.3, 0.4) is 0 Å². The molecule has 0 unspecified atom stereocenters. The Morgan fingerprint density at radius 2 is 0.712 bits per heavy atom. The molecule has 342 valence electrons. The molecule has 0 bridgehead atoms. The number of nitrogens with zero attached hydrogens (tertiary/aromatic N) is 1. The first-order valence-corrected chi connectivity index (χ1v) is 28.4. The van der Waals surface area contributed by atoms with E-state index < -0.39 is 8.07 Å². The molecule has 0 amide bonds. The van der Waals surface area contributed by atoms with E-state index in [1.54, 1.807) is 0 Å². The third kappa shape index (κ3) is 6.56. The molecular formula is C70H47NOSi. The Morgan fingerprint density at radius 3 is 1.33 bits per heavy atom. The van der Waals surface area contributed by atoms with Gasteiger partial charge in [0.25, 0.3) is 0 Å². The SMILES string of the molecule is C[Si]1(C)c2cc(-c3ccc4oc5ccccc5c4c3)ccc2-c2ccc(-n3c4ccc(-c5ccc(-c6cccc7ccccc67)cc5)cc4c4cc(-c5ccc(-c6cccc7ccccc67)cc5)ccc43)cc21. The maximum atomic E-state index is 6.20. The molecule has 3 heterocycles. The van der Waals surface area contributed by atoms with E-state index in [0.717, 1.165) is 21.9 Å². The third-order valence-corrected chi connectivity index (χ3v) is 19.6. The van der Waals surface area contributed by atoms with E-state index in [1.165, 1.54) is 126 Å². The van der Waals surface area contributed by atoms with Crippen molar-refractivity contribution >= 4 is 83.7 Å². The van der Waals surface area contributed by atoms with Crippen molar-refractivity contribution in [2.75, 3.05) is 0 Å². The van der Waals surface area contributed by atoms with Gasteiger partial charge in [-0.3, -0.25) is 0 Å². The molecule has 0 spiro atoms. The monoisotopic (exact) mass is 945 g/mol. The van der Waals surface area contributed by atoms with Crippen LogP contribution in [0, 0.1) is 0 Å². The number of para-hydroxylation sites is 1. The van der Waals surface area contributed by atoms with Crippen LogP contribution in [0.2, 0.25) is 13.1 Å². The highest BCUT2D eigenvalue weighted by molar-refractivity contribution is 7.03. The average molecular weight is 946 g/mol. The van der Waals surface area contributed by atoms with Crippen LogP contribution in [0.1, 0.15) is 0 Å². The van der Waals surface area contributed by atoms with E-state index >= 15 is 0 Å². The van der Waals surface area contributed by atoms with Gasteiger partial charge in [-0.1, -0.05) is 207 Å². The molecule has 3 heteroatoms. The minimum Gasteiger partial charge on any atom is -0.456 e. The van der Waals surface area contributed by atoms with Crippen LogP contribution in [0.4, 0.5) is 0 Å². The zero-order chi connectivity index (χ0) is 48.4. The second-order valence-electron chi connectivity index (χ2n) is 20.4. The lowest BCUT2D eigenvalue weighted by molar-refractivity contribution is 0.669. The zero-order valence-electron chi connectivity index (χ0n) is 40.5. The number of benzene rings is 12. The first kappa shape index (κ1) is 41.7. The number of aromatic nitrogens is 1.